The van der Waals surface area contributed by atoms with Gasteiger partial charge in [0, 0.05) is 18.6 Å². The smallest absolute Gasteiger partial charge is 0.257 e. The molecule has 0 aromatic carbocycles. The maximum absolute atomic E-state index is 12.5. The molecule has 19 heavy (non-hydrogen) atoms. The first-order valence-electron chi connectivity index (χ1n) is 5.74. The second kappa shape index (κ2) is 4.95. The highest BCUT2D eigenvalue weighted by Gasteiger charge is 2.30. The molecule has 2 aromatic rings. The van der Waals surface area contributed by atoms with Gasteiger partial charge in [-0.1, -0.05) is 13.8 Å². The summed E-state index contributed by atoms with van der Waals surface area (Å²) < 4.78 is 37.4. The van der Waals surface area contributed by atoms with Crippen molar-refractivity contribution in [1.82, 2.24) is 15.0 Å². The van der Waals surface area contributed by atoms with Gasteiger partial charge in [-0.3, -0.25) is 15.0 Å². The molecule has 0 atom stereocenters. The van der Waals surface area contributed by atoms with Crippen molar-refractivity contribution >= 4 is 0 Å². The Morgan fingerprint density at radius 3 is 2.21 bits per heavy atom. The quantitative estimate of drug-likeness (QED) is 0.833. The summed E-state index contributed by atoms with van der Waals surface area (Å²) in [5, 5.41) is 0. The normalized spacial score (nSPS) is 11.9. The lowest BCUT2D eigenvalue weighted by atomic mass is 10.1. The van der Waals surface area contributed by atoms with Crippen molar-refractivity contribution in [3.8, 4) is 11.4 Å². The largest absolute Gasteiger partial charge is 0.417 e. The Morgan fingerprint density at radius 1 is 1.00 bits per heavy atom. The molecule has 100 valence electrons. The molecule has 0 N–H and O–H groups in total. The van der Waals surface area contributed by atoms with Crippen LogP contribution in [0, 0.1) is 0 Å². The first-order chi connectivity index (χ1) is 8.89. The number of nitrogens with zero attached hydrogens (tertiary/aromatic N) is 3. The summed E-state index contributed by atoms with van der Waals surface area (Å²) in [5.74, 6) is 0.118. The van der Waals surface area contributed by atoms with Gasteiger partial charge in [0.15, 0.2) is 0 Å². The molecule has 2 aromatic heterocycles. The molecule has 6 heteroatoms. The Hall–Kier alpha value is -1.98. The molecule has 0 aliphatic heterocycles. The van der Waals surface area contributed by atoms with Crippen LogP contribution in [0.25, 0.3) is 11.4 Å². The van der Waals surface area contributed by atoms with Gasteiger partial charge in [-0.15, -0.1) is 0 Å². The van der Waals surface area contributed by atoms with E-state index in [1.54, 1.807) is 6.20 Å². The van der Waals surface area contributed by atoms with Gasteiger partial charge >= 0.3 is 6.18 Å². The second-order valence-corrected chi connectivity index (χ2v) is 4.37. The second-order valence-electron chi connectivity index (χ2n) is 4.37. The average molecular weight is 267 g/mol. The van der Waals surface area contributed by atoms with Crippen LogP contribution in [0.2, 0.25) is 0 Å². The van der Waals surface area contributed by atoms with Crippen LogP contribution < -0.4 is 0 Å². The fraction of sp³-hybridized carbons (Fsp3) is 0.308. The molecule has 0 unspecified atom stereocenters. The summed E-state index contributed by atoms with van der Waals surface area (Å²) in [6.45, 7) is 3.88. The minimum Gasteiger partial charge on any atom is -0.257 e. The maximum atomic E-state index is 12.5. The zero-order valence-corrected chi connectivity index (χ0v) is 10.4. The van der Waals surface area contributed by atoms with Crippen molar-refractivity contribution in [1.29, 1.82) is 0 Å². The minimum atomic E-state index is -4.38. The summed E-state index contributed by atoms with van der Waals surface area (Å²) >= 11 is 0. The van der Waals surface area contributed by atoms with Crippen molar-refractivity contribution < 1.29 is 13.2 Å². The topological polar surface area (TPSA) is 38.7 Å². The Morgan fingerprint density at radius 2 is 1.68 bits per heavy atom. The molecule has 0 saturated heterocycles. The van der Waals surface area contributed by atoms with Gasteiger partial charge in [0.1, 0.15) is 5.69 Å². The number of halogens is 3. The van der Waals surface area contributed by atoms with E-state index in [2.05, 4.69) is 15.0 Å². The number of alkyl halides is 3. The van der Waals surface area contributed by atoms with E-state index in [9.17, 15) is 13.2 Å². The van der Waals surface area contributed by atoms with Crippen molar-refractivity contribution in [3.05, 3.63) is 42.0 Å². The molecule has 0 bridgehead atoms. The lowest BCUT2D eigenvalue weighted by Gasteiger charge is -2.10. The predicted octanol–water partition coefficient (Wildman–Crippen LogP) is 3.68. The fourth-order valence-electron chi connectivity index (χ4n) is 1.67. The van der Waals surface area contributed by atoms with Gasteiger partial charge in [0.25, 0.3) is 0 Å². The first kappa shape index (κ1) is 13.5. The number of aromatic nitrogens is 3. The number of hydrogen-bond donors (Lipinski definition) is 0. The van der Waals surface area contributed by atoms with Crippen molar-refractivity contribution in [2.75, 3.05) is 0 Å². The molecule has 0 saturated carbocycles. The fourth-order valence-corrected chi connectivity index (χ4v) is 1.67. The van der Waals surface area contributed by atoms with Crippen LogP contribution in [0.5, 0.6) is 0 Å². The van der Waals surface area contributed by atoms with Crippen LogP contribution in [-0.2, 0) is 6.18 Å². The summed E-state index contributed by atoms with van der Waals surface area (Å²) in [5.41, 5.74) is 0.858. The minimum absolute atomic E-state index is 0.118. The van der Waals surface area contributed by atoms with E-state index in [-0.39, 0.29) is 5.92 Å². The first-order valence-corrected chi connectivity index (χ1v) is 5.74. The van der Waals surface area contributed by atoms with Crippen LogP contribution in [-0.4, -0.2) is 15.0 Å². The Kier molecular flexibility index (Phi) is 3.50. The highest BCUT2D eigenvalue weighted by molar-refractivity contribution is 5.57. The van der Waals surface area contributed by atoms with E-state index in [1.165, 1.54) is 12.3 Å². The van der Waals surface area contributed by atoms with Crippen LogP contribution in [0.3, 0.4) is 0 Å². The Balaban J connectivity index is 2.43. The lowest BCUT2D eigenvalue weighted by Crippen LogP contribution is -2.06. The van der Waals surface area contributed by atoms with Crippen LogP contribution in [0.1, 0.15) is 31.0 Å². The van der Waals surface area contributed by atoms with E-state index in [0.717, 1.165) is 18.0 Å². The highest BCUT2D eigenvalue weighted by atomic mass is 19.4. The van der Waals surface area contributed by atoms with Crippen LogP contribution in [0.4, 0.5) is 13.2 Å². The SMILES string of the molecule is CC(C)c1nccnc1-c1ccc(C(F)(F)F)cn1. The molecular weight excluding hydrogens is 255 g/mol. The summed E-state index contributed by atoms with van der Waals surface area (Å²) in [7, 11) is 0. The van der Waals surface area contributed by atoms with E-state index >= 15 is 0 Å². The lowest BCUT2D eigenvalue weighted by molar-refractivity contribution is -0.137. The molecular formula is C13H12F3N3. The van der Waals surface area contributed by atoms with Crippen LogP contribution in [0.15, 0.2) is 30.7 Å². The zero-order chi connectivity index (χ0) is 14.0. The van der Waals surface area contributed by atoms with Gasteiger partial charge in [-0.2, -0.15) is 13.2 Å². The molecule has 2 heterocycles. The third kappa shape index (κ3) is 2.89. The van der Waals surface area contributed by atoms with Crippen molar-refractivity contribution in [3.63, 3.8) is 0 Å². The molecule has 0 amide bonds. The third-order valence-electron chi connectivity index (χ3n) is 2.61. The van der Waals surface area contributed by atoms with Crippen molar-refractivity contribution in [2.45, 2.75) is 25.9 Å². The van der Waals surface area contributed by atoms with E-state index < -0.39 is 11.7 Å². The van der Waals surface area contributed by atoms with Crippen molar-refractivity contribution in [2.24, 2.45) is 0 Å². The molecule has 0 aliphatic rings. The monoisotopic (exact) mass is 267 g/mol. The average Bonchev–Trinajstić information content (AvgIpc) is 2.38. The molecule has 0 fully saturated rings. The number of hydrogen-bond acceptors (Lipinski definition) is 3. The third-order valence-corrected chi connectivity index (χ3v) is 2.61. The Labute approximate surface area is 108 Å². The molecule has 0 radical (unpaired) electrons. The van der Waals surface area contributed by atoms with E-state index in [0.29, 0.717) is 11.4 Å². The molecule has 0 spiro atoms. The highest BCUT2D eigenvalue weighted by Crippen LogP contribution is 2.30. The van der Waals surface area contributed by atoms with Gasteiger partial charge in [-0.05, 0) is 18.1 Å². The molecule has 3 nitrogen and oxygen atoms in total. The zero-order valence-electron chi connectivity index (χ0n) is 10.4. The molecule has 0 aliphatic carbocycles. The standard InChI is InChI=1S/C13H12F3N3/c1-8(2)11-12(18-6-5-17-11)10-4-3-9(7-19-10)13(14,15)16/h3-8H,1-2H3. The van der Waals surface area contributed by atoms with Gasteiger partial charge in [-0.25, -0.2) is 0 Å². The van der Waals surface area contributed by atoms with E-state index in [4.69, 9.17) is 0 Å². The van der Waals surface area contributed by atoms with Crippen LogP contribution >= 0.6 is 0 Å². The Bertz CT molecular complexity index is 562. The summed E-state index contributed by atoms with van der Waals surface area (Å²) in [6, 6.07) is 2.32. The van der Waals surface area contributed by atoms with Gasteiger partial charge in [0.05, 0.1) is 17.0 Å². The number of rotatable bonds is 2. The summed E-state index contributed by atoms with van der Waals surface area (Å²) in [6.07, 6.45) is -0.508. The number of pyridine rings is 1. The van der Waals surface area contributed by atoms with Gasteiger partial charge in [0.2, 0.25) is 0 Å². The maximum Gasteiger partial charge on any atom is 0.417 e. The molecule has 2 rings (SSSR count). The van der Waals surface area contributed by atoms with Gasteiger partial charge < -0.3 is 0 Å². The van der Waals surface area contributed by atoms with E-state index in [1.807, 2.05) is 13.8 Å². The predicted molar refractivity (Wildman–Crippen MR) is 64.4 cm³/mol. The summed E-state index contributed by atoms with van der Waals surface area (Å²) in [4.78, 5) is 12.2.